The van der Waals surface area contributed by atoms with E-state index in [9.17, 15) is 0 Å². The second-order valence-corrected chi connectivity index (χ2v) is 4.61. The monoisotopic (exact) mass is 287 g/mol. The molecule has 0 atom stereocenters. The molecule has 102 valence electrons. The van der Waals surface area contributed by atoms with Crippen molar-refractivity contribution < 1.29 is 4.42 Å². The van der Waals surface area contributed by atoms with Crippen molar-refractivity contribution in [1.82, 2.24) is 24.7 Å². The lowest BCUT2D eigenvalue weighted by atomic mass is 10.3. The second kappa shape index (κ2) is 5.38. The van der Waals surface area contributed by atoms with Gasteiger partial charge in [-0.3, -0.25) is 14.6 Å². The van der Waals surface area contributed by atoms with Gasteiger partial charge < -0.3 is 4.42 Å². The van der Waals surface area contributed by atoms with Gasteiger partial charge in [0, 0.05) is 12.6 Å². The van der Waals surface area contributed by atoms with Gasteiger partial charge in [0.05, 0.1) is 6.20 Å². The standard InChI is InChI=1S/C13H13N5OS/c1-2-9-7-15-11(19-9)8-18-12(16-17-13(18)20)10-5-3-4-6-14-10/h3-7H,2,8H2,1H3,(H,17,20). The fraction of sp³-hybridized carbons (Fsp3) is 0.231. The molecule has 0 aliphatic rings. The molecule has 3 aromatic rings. The molecule has 0 saturated carbocycles. The molecule has 6 nitrogen and oxygen atoms in total. The van der Waals surface area contributed by atoms with Crippen LogP contribution in [0.3, 0.4) is 0 Å². The van der Waals surface area contributed by atoms with Gasteiger partial charge in [0.15, 0.2) is 10.6 Å². The van der Waals surface area contributed by atoms with Crippen molar-refractivity contribution in [3.05, 3.63) is 47.0 Å². The highest BCUT2D eigenvalue weighted by molar-refractivity contribution is 7.71. The molecule has 0 saturated heterocycles. The molecular weight excluding hydrogens is 274 g/mol. The van der Waals surface area contributed by atoms with E-state index in [0.717, 1.165) is 17.9 Å². The van der Waals surface area contributed by atoms with E-state index in [-0.39, 0.29) is 0 Å². The minimum absolute atomic E-state index is 0.432. The molecule has 1 N–H and O–H groups in total. The van der Waals surface area contributed by atoms with Crippen LogP contribution in [0.1, 0.15) is 18.6 Å². The van der Waals surface area contributed by atoms with Gasteiger partial charge in [0.2, 0.25) is 5.89 Å². The van der Waals surface area contributed by atoms with E-state index in [4.69, 9.17) is 16.6 Å². The molecule has 0 bridgehead atoms. The highest BCUT2D eigenvalue weighted by Crippen LogP contribution is 2.16. The number of aryl methyl sites for hydroxylation is 1. The van der Waals surface area contributed by atoms with E-state index in [1.54, 1.807) is 12.4 Å². The van der Waals surface area contributed by atoms with Crippen molar-refractivity contribution in [3.63, 3.8) is 0 Å². The molecule has 0 radical (unpaired) electrons. The summed E-state index contributed by atoms with van der Waals surface area (Å²) in [4.78, 5) is 8.53. The minimum Gasteiger partial charge on any atom is -0.444 e. The second-order valence-electron chi connectivity index (χ2n) is 4.23. The van der Waals surface area contributed by atoms with E-state index >= 15 is 0 Å². The lowest BCUT2D eigenvalue weighted by molar-refractivity contribution is 0.446. The summed E-state index contributed by atoms with van der Waals surface area (Å²) in [5.74, 6) is 2.14. The van der Waals surface area contributed by atoms with Crippen molar-refractivity contribution >= 4 is 12.2 Å². The number of nitrogens with zero attached hydrogens (tertiary/aromatic N) is 4. The number of aromatic amines is 1. The normalized spacial score (nSPS) is 10.8. The molecule has 0 fully saturated rings. The Hall–Kier alpha value is -2.28. The van der Waals surface area contributed by atoms with Gasteiger partial charge in [-0.2, -0.15) is 5.10 Å². The number of aromatic nitrogens is 5. The summed E-state index contributed by atoms with van der Waals surface area (Å²) in [6.07, 6.45) is 4.27. The Morgan fingerprint density at radius 1 is 1.35 bits per heavy atom. The lowest BCUT2D eigenvalue weighted by Crippen LogP contribution is -2.03. The maximum atomic E-state index is 5.61. The fourth-order valence-electron chi connectivity index (χ4n) is 1.87. The van der Waals surface area contributed by atoms with Crippen molar-refractivity contribution in [2.24, 2.45) is 0 Å². The average molecular weight is 287 g/mol. The molecule has 7 heteroatoms. The van der Waals surface area contributed by atoms with Crippen LogP contribution in [-0.2, 0) is 13.0 Å². The SMILES string of the molecule is CCc1cnc(Cn2c(-c3ccccn3)n[nH]c2=S)o1. The van der Waals surface area contributed by atoms with E-state index in [0.29, 0.717) is 23.0 Å². The van der Waals surface area contributed by atoms with Crippen LogP contribution in [0.5, 0.6) is 0 Å². The summed E-state index contributed by atoms with van der Waals surface area (Å²) >= 11 is 5.25. The lowest BCUT2D eigenvalue weighted by Gasteiger charge is -2.03. The highest BCUT2D eigenvalue weighted by Gasteiger charge is 2.12. The van der Waals surface area contributed by atoms with Gasteiger partial charge in [-0.1, -0.05) is 13.0 Å². The van der Waals surface area contributed by atoms with Crippen LogP contribution < -0.4 is 0 Å². The summed E-state index contributed by atoms with van der Waals surface area (Å²) in [6, 6.07) is 5.65. The van der Waals surface area contributed by atoms with Crippen LogP contribution in [0.15, 0.2) is 35.0 Å². The van der Waals surface area contributed by atoms with Crippen LogP contribution in [-0.4, -0.2) is 24.7 Å². The smallest absolute Gasteiger partial charge is 0.214 e. The molecule has 0 aliphatic carbocycles. The highest BCUT2D eigenvalue weighted by atomic mass is 32.1. The number of pyridine rings is 1. The topological polar surface area (TPSA) is 72.5 Å². The minimum atomic E-state index is 0.432. The molecule has 3 heterocycles. The van der Waals surface area contributed by atoms with Crippen LogP contribution in [0.4, 0.5) is 0 Å². The molecule has 3 aromatic heterocycles. The van der Waals surface area contributed by atoms with Crippen molar-refractivity contribution in [2.45, 2.75) is 19.9 Å². The molecule has 0 aromatic carbocycles. The quantitative estimate of drug-likeness (QED) is 0.747. The summed E-state index contributed by atoms with van der Waals surface area (Å²) in [5.41, 5.74) is 0.752. The van der Waals surface area contributed by atoms with Crippen molar-refractivity contribution in [3.8, 4) is 11.5 Å². The van der Waals surface area contributed by atoms with Gasteiger partial charge >= 0.3 is 0 Å². The first-order valence-corrected chi connectivity index (χ1v) is 6.69. The predicted octanol–water partition coefficient (Wildman–Crippen LogP) is 2.60. The van der Waals surface area contributed by atoms with E-state index < -0.39 is 0 Å². The molecule has 0 amide bonds. The number of H-pyrrole nitrogens is 1. The van der Waals surface area contributed by atoms with E-state index in [1.807, 2.05) is 29.7 Å². The van der Waals surface area contributed by atoms with Crippen LogP contribution in [0.2, 0.25) is 0 Å². The first kappa shape index (κ1) is 12.7. The number of hydrogen-bond donors (Lipinski definition) is 1. The van der Waals surface area contributed by atoms with Gasteiger partial charge in [0.1, 0.15) is 18.0 Å². The van der Waals surface area contributed by atoms with E-state index in [1.165, 1.54) is 0 Å². The summed E-state index contributed by atoms with van der Waals surface area (Å²) in [5, 5.41) is 7.01. The molecule has 0 spiro atoms. The molecule has 0 unspecified atom stereocenters. The first-order chi connectivity index (χ1) is 9.78. The fourth-order valence-corrected chi connectivity index (χ4v) is 2.07. The van der Waals surface area contributed by atoms with Gasteiger partial charge in [0.25, 0.3) is 0 Å². The number of oxazole rings is 1. The Balaban J connectivity index is 1.97. The Morgan fingerprint density at radius 3 is 2.95 bits per heavy atom. The Bertz CT molecular complexity index is 758. The Kier molecular flexibility index (Phi) is 3.42. The summed E-state index contributed by atoms with van der Waals surface area (Å²) in [7, 11) is 0. The maximum absolute atomic E-state index is 5.61. The molecule has 3 rings (SSSR count). The molecular formula is C13H13N5OS. The van der Waals surface area contributed by atoms with Gasteiger partial charge in [-0.15, -0.1) is 0 Å². The van der Waals surface area contributed by atoms with Crippen LogP contribution in [0, 0.1) is 4.77 Å². The maximum Gasteiger partial charge on any atom is 0.214 e. The third-order valence-corrected chi connectivity index (χ3v) is 3.21. The van der Waals surface area contributed by atoms with Crippen molar-refractivity contribution in [1.29, 1.82) is 0 Å². The third kappa shape index (κ3) is 2.39. The average Bonchev–Trinajstić information content (AvgIpc) is 3.08. The largest absolute Gasteiger partial charge is 0.444 e. The van der Waals surface area contributed by atoms with Crippen LogP contribution in [0.25, 0.3) is 11.5 Å². The number of rotatable bonds is 4. The Labute approximate surface area is 120 Å². The van der Waals surface area contributed by atoms with Gasteiger partial charge in [-0.25, -0.2) is 4.98 Å². The zero-order chi connectivity index (χ0) is 13.9. The van der Waals surface area contributed by atoms with Crippen LogP contribution >= 0.6 is 12.2 Å². The zero-order valence-electron chi connectivity index (χ0n) is 10.9. The zero-order valence-corrected chi connectivity index (χ0v) is 11.7. The third-order valence-electron chi connectivity index (χ3n) is 2.90. The molecule has 20 heavy (non-hydrogen) atoms. The summed E-state index contributed by atoms with van der Waals surface area (Å²) < 4.78 is 7.95. The number of hydrogen-bond acceptors (Lipinski definition) is 5. The summed E-state index contributed by atoms with van der Waals surface area (Å²) in [6.45, 7) is 2.45. The van der Waals surface area contributed by atoms with E-state index in [2.05, 4.69) is 20.2 Å². The first-order valence-electron chi connectivity index (χ1n) is 6.28. The Morgan fingerprint density at radius 2 is 2.25 bits per heavy atom. The predicted molar refractivity (Wildman–Crippen MR) is 75.6 cm³/mol. The van der Waals surface area contributed by atoms with Crippen molar-refractivity contribution in [2.75, 3.05) is 0 Å². The van der Waals surface area contributed by atoms with Gasteiger partial charge in [-0.05, 0) is 24.4 Å². The number of nitrogens with one attached hydrogen (secondary N) is 1. The molecule has 0 aliphatic heterocycles.